The molecule has 0 saturated heterocycles. The van der Waals surface area contributed by atoms with Crippen molar-refractivity contribution in [2.75, 3.05) is 6.54 Å². The van der Waals surface area contributed by atoms with Gasteiger partial charge in [0, 0.05) is 0 Å². The van der Waals surface area contributed by atoms with Crippen molar-refractivity contribution in [3.05, 3.63) is 0 Å². The molecule has 1 heteroatoms. The Bertz CT molecular complexity index is 62.5. The summed E-state index contributed by atoms with van der Waals surface area (Å²) in [7, 11) is 0. The molecule has 0 heterocycles. The summed E-state index contributed by atoms with van der Waals surface area (Å²) in [5.41, 5.74) is 5.46. The fourth-order valence-electron chi connectivity index (χ4n) is 1.71. The zero-order valence-corrected chi connectivity index (χ0v) is 8.10. The molecule has 1 saturated carbocycles. The smallest absolute Gasteiger partial charge is 0.00746 e. The summed E-state index contributed by atoms with van der Waals surface area (Å²) in [6.45, 7) is 4.89. The van der Waals surface area contributed by atoms with E-state index in [1.54, 1.807) is 0 Å². The summed E-state index contributed by atoms with van der Waals surface area (Å²) >= 11 is 0. The second kappa shape index (κ2) is 8.06. The third-order valence-electron chi connectivity index (χ3n) is 2.30. The summed E-state index contributed by atoms with van der Waals surface area (Å²) in [6, 6.07) is 0. The van der Waals surface area contributed by atoms with E-state index < -0.39 is 0 Å². The lowest BCUT2D eigenvalue weighted by molar-refractivity contribution is 0.343. The van der Waals surface area contributed by atoms with E-state index in [1.165, 1.54) is 38.5 Å². The van der Waals surface area contributed by atoms with Crippen LogP contribution in [0.15, 0.2) is 0 Å². The number of hydrogen-bond acceptors (Lipinski definition) is 1. The molecule has 0 unspecified atom stereocenters. The zero-order valence-electron chi connectivity index (χ0n) is 8.10. The molecule has 0 aromatic heterocycles. The Labute approximate surface area is 71.4 Å². The van der Waals surface area contributed by atoms with Crippen molar-refractivity contribution in [1.29, 1.82) is 0 Å². The Morgan fingerprint density at radius 3 is 2.09 bits per heavy atom. The highest BCUT2D eigenvalue weighted by Crippen LogP contribution is 2.25. The van der Waals surface area contributed by atoms with Gasteiger partial charge in [0.2, 0.25) is 0 Å². The minimum absolute atomic E-state index is 0.894. The van der Waals surface area contributed by atoms with Crippen LogP contribution < -0.4 is 5.73 Å². The molecule has 1 rings (SSSR count). The molecule has 0 aromatic rings. The predicted octanol–water partition coefficient (Wildman–Crippen LogP) is 2.94. The normalized spacial score (nSPS) is 18.8. The van der Waals surface area contributed by atoms with Crippen LogP contribution in [0.2, 0.25) is 0 Å². The van der Waals surface area contributed by atoms with E-state index in [0.29, 0.717) is 0 Å². The molecule has 0 amide bonds. The quantitative estimate of drug-likeness (QED) is 0.655. The Kier molecular flexibility index (Phi) is 8.03. The van der Waals surface area contributed by atoms with Crippen LogP contribution in [0.4, 0.5) is 0 Å². The van der Waals surface area contributed by atoms with Crippen molar-refractivity contribution in [1.82, 2.24) is 0 Å². The van der Waals surface area contributed by atoms with Gasteiger partial charge in [0.05, 0.1) is 0 Å². The zero-order chi connectivity index (χ0) is 8.53. The van der Waals surface area contributed by atoms with Gasteiger partial charge in [-0.1, -0.05) is 46.0 Å². The van der Waals surface area contributed by atoms with E-state index in [4.69, 9.17) is 5.73 Å². The number of nitrogens with two attached hydrogens (primary N) is 1. The molecule has 0 atom stereocenters. The van der Waals surface area contributed by atoms with Crippen LogP contribution in [-0.2, 0) is 0 Å². The monoisotopic (exact) mass is 157 g/mol. The van der Waals surface area contributed by atoms with E-state index >= 15 is 0 Å². The first-order valence-electron chi connectivity index (χ1n) is 5.13. The van der Waals surface area contributed by atoms with Gasteiger partial charge in [-0.25, -0.2) is 0 Å². The molecule has 0 radical (unpaired) electrons. The SMILES string of the molecule is CC.NCCC1CCCCC1. The molecule has 1 aliphatic carbocycles. The molecule has 1 nitrogen and oxygen atoms in total. The van der Waals surface area contributed by atoms with E-state index in [-0.39, 0.29) is 0 Å². The van der Waals surface area contributed by atoms with Gasteiger partial charge in [0.1, 0.15) is 0 Å². The van der Waals surface area contributed by atoms with Crippen LogP contribution in [0, 0.1) is 5.92 Å². The molecular weight excluding hydrogens is 134 g/mol. The molecule has 2 N–H and O–H groups in total. The molecule has 68 valence electrons. The van der Waals surface area contributed by atoms with Crippen LogP contribution in [0.25, 0.3) is 0 Å². The van der Waals surface area contributed by atoms with Gasteiger partial charge in [0.25, 0.3) is 0 Å². The molecule has 0 bridgehead atoms. The topological polar surface area (TPSA) is 26.0 Å². The molecule has 0 spiro atoms. The van der Waals surface area contributed by atoms with Crippen LogP contribution in [-0.4, -0.2) is 6.54 Å². The van der Waals surface area contributed by atoms with Crippen molar-refractivity contribution in [2.24, 2.45) is 11.7 Å². The van der Waals surface area contributed by atoms with E-state index in [0.717, 1.165) is 12.5 Å². The van der Waals surface area contributed by atoms with E-state index in [2.05, 4.69) is 0 Å². The van der Waals surface area contributed by atoms with Crippen molar-refractivity contribution in [2.45, 2.75) is 52.4 Å². The average Bonchev–Trinajstić information content (AvgIpc) is 2.11. The minimum atomic E-state index is 0.894. The maximum absolute atomic E-state index is 5.46. The third-order valence-corrected chi connectivity index (χ3v) is 2.30. The van der Waals surface area contributed by atoms with Gasteiger partial charge in [-0.15, -0.1) is 0 Å². The summed E-state index contributed by atoms with van der Waals surface area (Å²) in [5.74, 6) is 0.976. The first-order valence-corrected chi connectivity index (χ1v) is 5.13. The van der Waals surface area contributed by atoms with Crippen molar-refractivity contribution in [3.8, 4) is 0 Å². The second-order valence-corrected chi connectivity index (χ2v) is 3.08. The molecular formula is C10H23N. The van der Waals surface area contributed by atoms with Crippen LogP contribution in [0.5, 0.6) is 0 Å². The Hall–Kier alpha value is -0.0400. The fraction of sp³-hybridized carbons (Fsp3) is 1.00. The lowest BCUT2D eigenvalue weighted by Crippen LogP contribution is -2.11. The van der Waals surface area contributed by atoms with Gasteiger partial charge < -0.3 is 5.73 Å². The first kappa shape index (κ1) is 11.0. The van der Waals surface area contributed by atoms with Gasteiger partial charge in [-0.3, -0.25) is 0 Å². The Morgan fingerprint density at radius 1 is 1.09 bits per heavy atom. The average molecular weight is 157 g/mol. The standard InChI is InChI=1S/C8H17N.C2H6/c9-7-6-8-4-2-1-3-5-8;1-2/h8H,1-7,9H2;1-2H3. The van der Waals surface area contributed by atoms with Gasteiger partial charge >= 0.3 is 0 Å². The molecule has 0 aliphatic heterocycles. The van der Waals surface area contributed by atoms with Crippen molar-refractivity contribution >= 4 is 0 Å². The highest BCUT2D eigenvalue weighted by atomic mass is 14.5. The molecule has 1 fully saturated rings. The molecule has 1 aliphatic rings. The lowest BCUT2D eigenvalue weighted by atomic mass is 9.87. The highest BCUT2D eigenvalue weighted by molar-refractivity contribution is 4.65. The molecule has 11 heavy (non-hydrogen) atoms. The number of hydrogen-bond donors (Lipinski definition) is 1. The van der Waals surface area contributed by atoms with Gasteiger partial charge in [-0.2, -0.15) is 0 Å². The Morgan fingerprint density at radius 2 is 1.64 bits per heavy atom. The fourth-order valence-corrected chi connectivity index (χ4v) is 1.71. The van der Waals surface area contributed by atoms with Gasteiger partial charge in [0.15, 0.2) is 0 Å². The van der Waals surface area contributed by atoms with E-state index in [1.807, 2.05) is 13.8 Å². The lowest BCUT2D eigenvalue weighted by Gasteiger charge is -2.20. The van der Waals surface area contributed by atoms with Gasteiger partial charge in [-0.05, 0) is 18.9 Å². The van der Waals surface area contributed by atoms with Crippen LogP contribution >= 0.6 is 0 Å². The van der Waals surface area contributed by atoms with Crippen LogP contribution in [0.1, 0.15) is 52.4 Å². The largest absolute Gasteiger partial charge is 0.330 e. The summed E-state index contributed by atoms with van der Waals surface area (Å²) in [4.78, 5) is 0. The summed E-state index contributed by atoms with van der Waals surface area (Å²) in [5, 5.41) is 0. The second-order valence-electron chi connectivity index (χ2n) is 3.08. The summed E-state index contributed by atoms with van der Waals surface area (Å²) in [6.07, 6.45) is 8.50. The molecule has 0 aromatic carbocycles. The maximum Gasteiger partial charge on any atom is -0.00746 e. The maximum atomic E-state index is 5.46. The third kappa shape index (κ3) is 5.25. The van der Waals surface area contributed by atoms with E-state index in [9.17, 15) is 0 Å². The number of rotatable bonds is 2. The summed E-state index contributed by atoms with van der Waals surface area (Å²) < 4.78 is 0. The predicted molar refractivity (Wildman–Crippen MR) is 51.6 cm³/mol. The Balaban J connectivity index is 0.000000461. The minimum Gasteiger partial charge on any atom is -0.330 e. The highest BCUT2D eigenvalue weighted by Gasteiger charge is 2.11. The van der Waals surface area contributed by atoms with Crippen molar-refractivity contribution in [3.63, 3.8) is 0 Å². The van der Waals surface area contributed by atoms with Crippen molar-refractivity contribution < 1.29 is 0 Å². The first-order chi connectivity index (χ1) is 5.43. The van der Waals surface area contributed by atoms with Crippen LogP contribution in [0.3, 0.4) is 0 Å².